The molecule has 8 heteroatoms. The minimum atomic E-state index is 0.285. The molecule has 2 aliphatic rings. The number of hydrogen-bond donors (Lipinski definition) is 1. The van der Waals surface area contributed by atoms with Crippen molar-refractivity contribution < 1.29 is 4.74 Å². The number of ether oxygens (including phenoxy) is 1. The maximum absolute atomic E-state index is 6.14. The Kier molecular flexibility index (Phi) is 5.12. The van der Waals surface area contributed by atoms with Crippen LogP contribution >= 0.6 is 11.5 Å². The Morgan fingerprint density at radius 1 is 1.10 bits per heavy atom. The van der Waals surface area contributed by atoms with Crippen LogP contribution in [0.2, 0.25) is 0 Å². The van der Waals surface area contributed by atoms with Crippen molar-refractivity contribution in [2.24, 2.45) is 0 Å². The number of rotatable bonds is 6. The van der Waals surface area contributed by atoms with Gasteiger partial charge in [-0.05, 0) is 56.4 Å². The van der Waals surface area contributed by atoms with E-state index in [1.54, 1.807) is 12.4 Å². The molecule has 1 N–H and O–H groups in total. The van der Waals surface area contributed by atoms with Gasteiger partial charge in [0.1, 0.15) is 23.4 Å². The molecule has 0 spiro atoms. The van der Waals surface area contributed by atoms with Crippen molar-refractivity contribution in [1.29, 1.82) is 0 Å². The van der Waals surface area contributed by atoms with E-state index in [1.807, 2.05) is 31.2 Å². The Balaban J connectivity index is 1.19. The molecule has 1 saturated carbocycles. The first kappa shape index (κ1) is 18.4. The van der Waals surface area contributed by atoms with Crippen molar-refractivity contribution in [3.8, 4) is 17.3 Å². The Hall–Kier alpha value is -2.58. The minimum Gasteiger partial charge on any atom is -0.489 e. The van der Waals surface area contributed by atoms with Crippen molar-refractivity contribution in [3.63, 3.8) is 0 Å². The summed E-state index contributed by atoms with van der Waals surface area (Å²) in [5, 5.41) is 3.92. The molecule has 4 heterocycles. The minimum absolute atomic E-state index is 0.285. The fraction of sp³-hybridized carbons (Fsp3) is 0.429. The van der Waals surface area contributed by atoms with E-state index < -0.39 is 0 Å². The molecule has 5 rings (SSSR count). The molecule has 1 saturated heterocycles. The predicted molar refractivity (Wildman–Crippen MR) is 114 cm³/mol. The summed E-state index contributed by atoms with van der Waals surface area (Å²) in [6.07, 6.45) is 8.75. The summed E-state index contributed by atoms with van der Waals surface area (Å²) in [5.41, 5.74) is 1.80. The molecule has 150 valence electrons. The van der Waals surface area contributed by atoms with Crippen LogP contribution in [0.4, 0.5) is 10.9 Å². The first-order chi connectivity index (χ1) is 14.2. The Morgan fingerprint density at radius 3 is 2.69 bits per heavy atom. The number of nitrogens with zero attached hydrogens (tertiary/aromatic N) is 5. The smallest absolute Gasteiger partial charge is 0.208 e. The van der Waals surface area contributed by atoms with E-state index in [0.717, 1.165) is 54.8 Å². The lowest BCUT2D eigenvalue weighted by Crippen LogP contribution is -2.39. The summed E-state index contributed by atoms with van der Waals surface area (Å²) >= 11 is 1.30. The van der Waals surface area contributed by atoms with Crippen molar-refractivity contribution in [1.82, 2.24) is 24.2 Å². The Morgan fingerprint density at radius 2 is 1.97 bits per heavy atom. The highest BCUT2D eigenvalue weighted by molar-refractivity contribution is 7.09. The van der Waals surface area contributed by atoms with Gasteiger partial charge in [-0.3, -0.25) is 0 Å². The molecule has 2 fully saturated rings. The number of hydrogen-bond acceptors (Lipinski definition) is 8. The average molecular weight is 409 g/mol. The second-order valence-electron chi connectivity index (χ2n) is 7.68. The van der Waals surface area contributed by atoms with E-state index in [9.17, 15) is 0 Å². The van der Waals surface area contributed by atoms with Crippen LogP contribution in [-0.2, 0) is 0 Å². The van der Waals surface area contributed by atoms with Crippen molar-refractivity contribution in [3.05, 3.63) is 42.2 Å². The van der Waals surface area contributed by atoms with Gasteiger partial charge in [-0.25, -0.2) is 9.97 Å². The van der Waals surface area contributed by atoms with Crippen LogP contribution in [0.5, 0.6) is 5.75 Å². The zero-order chi connectivity index (χ0) is 19.6. The van der Waals surface area contributed by atoms with Crippen molar-refractivity contribution in [2.75, 3.05) is 18.4 Å². The van der Waals surface area contributed by atoms with E-state index in [4.69, 9.17) is 4.74 Å². The SMILES string of the molecule is Cc1cccnc1Nc1nc(-c2ccc(OC3CCN(C4CC4)CC3)cn2)ns1. The number of likely N-dealkylation sites (tertiary alicyclic amines) is 1. The number of pyridine rings is 2. The molecular formula is C21H24N6OS. The van der Waals surface area contributed by atoms with Gasteiger partial charge in [-0.1, -0.05) is 6.07 Å². The van der Waals surface area contributed by atoms with Gasteiger partial charge >= 0.3 is 0 Å². The molecule has 0 amide bonds. The fourth-order valence-corrected chi connectivity index (χ4v) is 4.25. The van der Waals surface area contributed by atoms with Crippen molar-refractivity contribution >= 4 is 22.5 Å². The number of anilines is 2. The van der Waals surface area contributed by atoms with Gasteiger partial charge in [0.2, 0.25) is 5.13 Å². The predicted octanol–water partition coefficient (Wildman–Crippen LogP) is 4.05. The number of aromatic nitrogens is 4. The molecule has 0 aromatic carbocycles. The zero-order valence-corrected chi connectivity index (χ0v) is 17.2. The lowest BCUT2D eigenvalue weighted by atomic mass is 10.1. The molecule has 3 aromatic rings. The molecule has 0 bridgehead atoms. The average Bonchev–Trinajstić information content (AvgIpc) is 3.50. The van der Waals surface area contributed by atoms with E-state index in [2.05, 4.69) is 29.5 Å². The molecule has 1 aliphatic heterocycles. The molecule has 1 aliphatic carbocycles. The number of aryl methyl sites for hydroxylation is 1. The lowest BCUT2D eigenvalue weighted by molar-refractivity contribution is 0.0963. The summed E-state index contributed by atoms with van der Waals surface area (Å²) in [4.78, 5) is 16.0. The summed E-state index contributed by atoms with van der Waals surface area (Å²) in [6.45, 7) is 4.30. The van der Waals surface area contributed by atoms with Crippen LogP contribution in [0, 0.1) is 6.92 Å². The van der Waals surface area contributed by atoms with E-state index in [1.165, 1.54) is 24.4 Å². The fourth-order valence-electron chi connectivity index (χ4n) is 3.67. The highest BCUT2D eigenvalue weighted by atomic mass is 32.1. The number of piperidine rings is 1. The van der Waals surface area contributed by atoms with Crippen LogP contribution in [0.15, 0.2) is 36.7 Å². The van der Waals surface area contributed by atoms with E-state index in [-0.39, 0.29) is 6.10 Å². The molecule has 0 unspecified atom stereocenters. The summed E-state index contributed by atoms with van der Waals surface area (Å²) in [7, 11) is 0. The van der Waals surface area contributed by atoms with Gasteiger partial charge in [-0.2, -0.15) is 9.36 Å². The molecule has 0 radical (unpaired) electrons. The molecule has 29 heavy (non-hydrogen) atoms. The quantitative estimate of drug-likeness (QED) is 0.659. The first-order valence-electron chi connectivity index (χ1n) is 10.1. The molecule has 0 atom stereocenters. The Bertz CT molecular complexity index is 963. The van der Waals surface area contributed by atoms with Gasteiger partial charge in [0, 0.05) is 36.9 Å². The number of nitrogens with one attached hydrogen (secondary N) is 1. The highest BCUT2D eigenvalue weighted by Gasteiger charge is 2.32. The van der Waals surface area contributed by atoms with Crippen LogP contribution in [0.3, 0.4) is 0 Å². The van der Waals surface area contributed by atoms with Crippen LogP contribution in [0.25, 0.3) is 11.5 Å². The monoisotopic (exact) mass is 408 g/mol. The molecular weight excluding hydrogens is 384 g/mol. The second-order valence-corrected chi connectivity index (χ2v) is 8.43. The summed E-state index contributed by atoms with van der Waals surface area (Å²) in [6, 6.07) is 8.66. The highest BCUT2D eigenvalue weighted by Crippen LogP contribution is 2.30. The molecule has 3 aromatic heterocycles. The third kappa shape index (κ3) is 4.38. The van der Waals surface area contributed by atoms with E-state index in [0.29, 0.717) is 11.0 Å². The second kappa shape index (κ2) is 8.04. The summed E-state index contributed by atoms with van der Waals surface area (Å²) < 4.78 is 10.6. The third-order valence-electron chi connectivity index (χ3n) is 5.47. The standard InChI is InChI=1S/C21H24N6OS/c1-14-3-2-10-22-19(14)24-21-25-20(26-29-21)18-7-6-17(13-23-18)28-16-8-11-27(12-9-16)15-4-5-15/h2-3,6-7,10,13,15-16H,4-5,8-9,11-12H2,1H3,(H,22,24,25,26). The summed E-state index contributed by atoms with van der Waals surface area (Å²) in [5.74, 6) is 2.21. The largest absolute Gasteiger partial charge is 0.489 e. The maximum Gasteiger partial charge on any atom is 0.208 e. The zero-order valence-electron chi connectivity index (χ0n) is 16.4. The molecule has 7 nitrogen and oxygen atoms in total. The van der Waals surface area contributed by atoms with Gasteiger partial charge in [0.25, 0.3) is 0 Å². The van der Waals surface area contributed by atoms with Gasteiger partial charge in [0.05, 0.1) is 6.20 Å². The van der Waals surface area contributed by atoms with Gasteiger partial charge in [0.15, 0.2) is 5.82 Å². The lowest BCUT2D eigenvalue weighted by Gasteiger charge is -2.32. The maximum atomic E-state index is 6.14. The van der Waals surface area contributed by atoms with Gasteiger partial charge < -0.3 is 15.0 Å². The Labute approximate surface area is 174 Å². The van der Waals surface area contributed by atoms with Crippen molar-refractivity contribution in [2.45, 2.75) is 44.8 Å². The normalized spacial score (nSPS) is 18.0. The third-order valence-corrected chi connectivity index (χ3v) is 6.10. The first-order valence-corrected chi connectivity index (χ1v) is 10.9. The van der Waals surface area contributed by atoms with E-state index >= 15 is 0 Å². The van der Waals surface area contributed by atoms with Crippen LogP contribution in [-0.4, -0.2) is 49.5 Å². The van der Waals surface area contributed by atoms with Crippen LogP contribution in [0.1, 0.15) is 31.2 Å². The van der Waals surface area contributed by atoms with Gasteiger partial charge in [-0.15, -0.1) is 0 Å². The topological polar surface area (TPSA) is 76.1 Å². The van der Waals surface area contributed by atoms with Crippen LogP contribution < -0.4 is 10.1 Å².